The lowest BCUT2D eigenvalue weighted by Crippen LogP contribution is -2.24. The van der Waals surface area contributed by atoms with Crippen molar-refractivity contribution >= 4 is 15.9 Å². The van der Waals surface area contributed by atoms with Gasteiger partial charge in [-0.25, -0.2) is 17.5 Å². The van der Waals surface area contributed by atoms with Crippen LogP contribution in [0.15, 0.2) is 41.3 Å². The van der Waals surface area contributed by atoms with E-state index in [9.17, 15) is 17.6 Å². The average Bonchev–Trinajstić information content (AvgIpc) is 2.65. The molecule has 1 heterocycles. The Kier molecular flexibility index (Phi) is 3.78. The molecule has 120 valence electrons. The highest BCUT2D eigenvalue weighted by molar-refractivity contribution is 7.89. The summed E-state index contributed by atoms with van der Waals surface area (Å²) in [4.78, 5) is 11.2. The van der Waals surface area contributed by atoms with Crippen LogP contribution in [-0.4, -0.2) is 27.5 Å². The van der Waals surface area contributed by atoms with E-state index in [0.29, 0.717) is 5.56 Å². The Bertz CT molecular complexity index is 896. The molecule has 8 heteroatoms. The number of fused-ring (bicyclic) bond motifs is 1. The lowest BCUT2D eigenvalue weighted by atomic mass is 10.0. The van der Waals surface area contributed by atoms with Gasteiger partial charge in [0.1, 0.15) is 23.1 Å². The van der Waals surface area contributed by atoms with Crippen LogP contribution in [0.4, 0.5) is 4.39 Å². The largest absolute Gasteiger partial charge is 0.491 e. The van der Waals surface area contributed by atoms with Crippen LogP contribution in [0.25, 0.3) is 11.1 Å². The van der Waals surface area contributed by atoms with Gasteiger partial charge >= 0.3 is 0 Å². The molecule has 0 aromatic heterocycles. The van der Waals surface area contributed by atoms with Crippen LogP contribution < -0.4 is 15.2 Å². The summed E-state index contributed by atoms with van der Waals surface area (Å²) >= 11 is 0. The SMILES string of the molecule is NC(=O)c1cccc(-c2ccc3c(c2)S(=O)(=O)NCCO3)c1F. The van der Waals surface area contributed by atoms with E-state index in [1.807, 2.05) is 0 Å². The molecule has 0 saturated carbocycles. The van der Waals surface area contributed by atoms with Crippen molar-refractivity contribution in [3.63, 3.8) is 0 Å². The second-order valence-corrected chi connectivity index (χ2v) is 6.67. The van der Waals surface area contributed by atoms with Crippen LogP contribution in [0.3, 0.4) is 0 Å². The monoisotopic (exact) mass is 336 g/mol. The summed E-state index contributed by atoms with van der Waals surface area (Å²) in [5.74, 6) is -1.48. The molecule has 23 heavy (non-hydrogen) atoms. The summed E-state index contributed by atoms with van der Waals surface area (Å²) in [7, 11) is -3.74. The fraction of sp³-hybridized carbons (Fsp3) is 0.133. The van der Waals surface area contributed by atoms with E-state index >= 15 is 0 Å². The Morgan fingerprint density at radius 1 is 1.26 bits per heavy atom. The summed E-state index contributed by atoms with van der Waals surface area (Å²) in [6.07, 6.45) is 0. The minimum absolute atomic E-state index is 0.0728. The van der Waals surface area contributed by atoms with Crippen molar-refractivity contribution in [2.75, 3.05) is 13.2 Å². The second-order valence-electron chi connectivity index (χ2n) is 4.94. The fourth-order valence-corrected chi connectivity index (χ4v) is 3.55. The Balaban J connectivity index is 2.19. The van der Waals surface area contributed by atoms with Crippen molar-refractivity contribution in [3.05, 3.63) is 47.8 Å². The number of hydrogen-bond donors (Lipinski definition) is 2. The topological polar surface area (TPSA) is 98.5 Å². The molecule has 3 N–H and O–H groups in total. The van der Waals surface area contributed by atoms with Gasteiger partial charge in [-0.2, -0.15) is 0 Å². The quantitative estimate of drug-likeness (QED) is 0.862. The molecule has 0 radical (unpaired) electrons. The summed E-state index contributed by atoms with van der Waals surface area (Å²) in [5.41, 5.74) is 5.27. The maximum atomic E-state index is 14.4. The molecule has 3 rings (SSSR count). The highest BCUT2D eigenvalue weighted by Gasteiger charge is 2.24. The van der Waals surface area contributed by atoms with Crippen LogP contribution in [0.5, 0.6) is 5.75 Å². The average molecular weight is 336 g/mol. The van der Waals surface area contributed by atoms with E-state index < -0.39 is 21.7 Å². The molecule has 1 aliphatic heterocycles. The first-order chi connectivity index (χ1) is 10.9. The first-order valence-corrected chi connectivity index (χ1v) is 8.23. The number of nitrogens with one attached hydrogen (secondary N) is 1. The van der Waals surface area contributed by atoms with E-state index in [1.165, 1.54) is 36.4 Å². The first kappa shape index (κ1) is 15.4. The number of primary amides is 1. The van der Waals surface area contributed by atoms with Crippen molar-refractivity contribution in [2.24, 2.45) is 5.73 Å². The van der Waals surface area contributed by atoms with Crippen LogP contribution in [-0.2, 0) is 10.0 Å². The molecule has 1 amide bonds. The molecule has 0 atom stereocenters. The zero-order valence-corrected chi connectivity index (χ0v) is 12.7. The van der Waals surface area contributed by atoms with E-state index in [1.54, 1.807) is 0 Å². The minimum atomic E-state index is -3.74. The molecule has 0 saturated heterocycles. The molecule has 2 aromatic rings. The zero-order chi connectivity index (χ0) is 16.6. The first-order valence-electron chi connectivity index (χ1n) is 6.75. The fourth-order valence-electron chi connectivity index (χ4n) is 2.36. The van der Waals surface area contributed by atoms with Gasteiger partial charge < -0.3 is 10.5 Å². The number of ether oxygens (including phenoxy) is 1. The minimum Gasteiger partial charge on any atom is -0.491 e. The standard InChI is InChI=1S/C15H13FN2O4S/c16-14-10(2-1-3-11(14)15(17)19)9-4-5-12-13(8-9)23(20,21)18-6-7-22-12/h1-5,8,18H,6-7H2,(H2,17,19). The number of benzene rings is 2. The van der Waals surface area contributed by atoms with Gasteiger partial charge in [-0.05, 0) is 23.8 Å². The summed E-state index contributed by atoms with van der Waals surface area (Å²) in [6.45, 7) is 0.356. The molecular weight excluding hydrogens is 323 g/mol. The summed E-state index contributed by atoms with van der Waals surface area (Å²) in [6, 6.07) is 8.50. The van der Waals surface area contributed by atoms with Gasteiger partial charge in [-0.3, -0.25) is 4.79 Å². The molecule has 0 spiro atoms. The second kappa shape index (κ2) is 5.64. The molecule has 2 aromatic carbocycles. The van der Waals surface area contributed by atoms with Crippen LogP contribution in [0.1, 0.15) is 10.4 Å². The van der Waals surface area contributed by atoms with Crippen LogP contribution >= 0.6 is 0 Å². The van der Waals surface area contributed by atoms with Gasteiger partial charge in [0.2, 0.25) is 10.0 Å². The third kappa shape index (κ3) is 2.78. The summed E-state index contributed by atoms with van der Waals surface area (Å²) in [5, 5.41) is 0. The lowest BCUT2D eigenvalue weighted by molar-refractivity contribution is 0.0996. The molecule has 0 fully saturated rings. The van der Waals surface area contributed by atoms with E-state index in [0.717, 1.165) is 0 Å². The lowest BCUT2D eigenvalue weighted by Gasteiger charge is -2.11. The number of carbonyl (C=O) groups excluding carboxylic acids is 1. The molecule has 1 aliphatic rings. The predicted molar refractivity (Wildman–Crippen MR) is 81.0 cm³/mol. The highest BCUT2D eigenvalue weighted by Crippen LogP contribution is 2.32. The third-order valence-electron chi connectivity index (χ3n) is 3.46. The maximum absolute atomic E-state index is 14.4. The predicted octanol–water partition coefficient (Wildman–Crippen LogP) is 1.26. The number of carbonyl (C=O) groups is 1. The molecule has 6 nitrogen and oxygen atoms in total. The van der Waals surface area contributed by atoms with Gasteiger partial charge in [0, 0.05) is 12.1 Å². The Labute approximate surface area is 132 Å². The van der Waals surface area contributed by atoms with Gasteiger partial charge in [-0.1, -0.05) is 18.2 Å². The Hall–Kier alpha value is -2.45. The van der Waals surface area contributed by atoms with Crippen LogP contribution in [0.2, 0.25) is 0 Å². The van der Waals surface area contributed by atoms with Gasteiger partial charge in [0.05, 0.1) is 5.56 Å². The normalized spacial score (nSPS) is 16.0. The van der Waals surface area contributed by atoms with E-state index in [-0.39, 0.29) is 34.9 Å². The molecule has 0 aliphatic carbocycles. The van der Waals surface area contributed by atoms with Gasteiger partial charge in [0.15, 0.2) is 0 Å². The van der Waals surface area contributed by atoms with Crippen molar-refractivity contribution < 1.29 is 22.3 Å². The van der Waals surface area contributed by atoms with Crippen molar-refractivity contribution in [3.8, 4) is 16.9 Å². The maximum Gasteiger partial charge on any atom is 0.251 e. The molecule has 0 bridgehead atoms. The van der Waals surface area contributed by atoms with E-state index in [4.69, 9.17) is 10.5 Å². The number of halogens is 1. The van der Waals surface area contributed by atoms with Crippen molar-refractivity contribution in [1.29, 1.82) is 0 Å². The van der Waals surface area contributed by atoms with E-state index in [2.05, 4.69) is 4.72 Å². The smallest absolute Gasteiger partial charge is 0.251 e. The number of rotatable bonds is 2. The molecule has 0 unspecified atom stereocenters. The highest BCUT2D eigenvalue weighted by atomic mass is 32.2. The summed E-state index contributed by atoms with van der Waals surface area (Å²) < 4.78 is 46.5. The number of amides is 1. The van der Waals surface area contributed by atoms with Crippen LogP contribution in [0, 0.1) is 5.82 Å². The molecular formula is C15H13FN2O4S. The Morgan fingerprint density at radius 3 is 2.78 bits per heavy atom. The number of sulfonamides is 1. The third-order valence-corrected chi connectivity index (χ3v) is 4.94. The van der Waals surface area contributed by atoms with Crippen molar-refractivity contribution in [1.82, 2.24) is 4.72 Å². The van der Waals surface area contributed by atoms with Gasteiger partial charge in [-0.15, -0.1) is 0 Å². The number of nitrogens with two attached hydrogens (primary N) is 1. The number of hydrogen-bond acceptors (Lipinski definition) is 4. The zero-order valence-electron chi connectivity index (χ0n) is 11.9. The van der Waals surface area contributed by atoms with Gasteiger partial charge in [0.25, 0.3) is 5.91 Å². The van der Waals surface area contributed by atoms with Crippen molar-refractivity contribution in [2.45, 2.75) is 4.90 Å². The Morgan fingerprint density at radius 2 is 2.04 bits per heavy atom.